The van der Waals surface area contributed by atoms with Crippen LogP contribution in [0.5, 0.6) is 5.75 Å². The molecule has 0 aromatic heterocycles. The Hall–Kier alpha value is -1.79. The van der Waals surface area contributed by atoms with E-state index in [1.54, 1.807) is 6.07 Å². The lowest BCUT2D eigenvalue weighted by Gasteiger charge is -2.19. The summed E-state index contributed by atoms with van der Waals surface area (Å²) in [6.07, 6.45) is -0.779. The molecule has 2 aromatic carbocycles. The number of carbonyl (C=O) groups excluding carboxylic acids is 3. The quantitative estimate of drug-likeness (QED) is 0.0644. The number of alkyl halides is 2. The Kier molecular flexibility index (Phi) is 10.9. The lowest BCUT2D eigenvalue weighted by molar-refractivity contribution is -0.385. The summed E-state index contributed by atoms with van der Waals surface area (Å²) in [5, 5.41) is 6.54. The number of nitrogens with zero attached hydrogens (tertiary/aromatic N) is 1. The van der Waals surface area contributed by atoms with E-state index in [1.165, 1.54) is 6.07 Å². The lowest BCUT2D eigenvalue weighted by Crippen LogP contribution is -2.34. The van der Waals surface area contributed by atoms with E-state index in [4.69, 9.17) is 9.47 Å². The van der Waals surface area contributed by atoms with E-state index in [0.717, 1.165) is 21.8 Å². The molecule has 0 unspecified atom stereocenters. The first-order valence-corrected chi connectivity index (χ1v) is 14.0. The normalized spacial score (nSPS) is 11.5. The Morgan fingerprint density at radius 2 is 1.68 bits per heavy atom. The van der Waals surface area contributed by atoms with Gasteiger partial charge >= 0.3 is 28.8 Å². The van der Waals surface area contributed by atoms with Gasteiger partial charge in [-0.05, 0) is 86.0 Å². The third-order valence-corrected chi connectivity index (χ3v) is 8.63. The van der Waals surface area contributed by atoms with Crippen molar-refractivity contribution >= 4 is 101 Å². The van der Waals surface area contributed by atoms with Crippen molar-refractivity contribution in [1.82, 2.24) is 0 Å². The van der Waals surface area contributed by atoms with Gasteiger partial charge in [0.1, 0.15) is 6.61 Å². The third kappa shape index (κ3) is 8.61. The van der Waals surface area contributed by atoms with E-state index in [-0.39, 0.29) is 11.1 Å². The van der Waals surface area contributed by atoms with Crippen molar-refractivity contribution in [3.8, 4) is 5.75 Å². The van der Waals surface area contributed by atoms with Gasteiger partial charge in [-0.1, -0.05) is 0 Å². The van der Waals surface area contributed by atoms with Gasteiger partial charge in [0.25, 0.3) is 0 Å². The molecule has 0 radical (unpaired) electrons. The van der Waals surface area contributed by atoms with Gasteiger partial charge in [0.15, 0.2) is 16.7 Å². The Morgan fingerprint density at radius 3 is 2.27 bits per heavy atom. The van der Waals surface area contributed by atoms with Gasteiger partial charge in [-0.3, -0.25) is 14.9 Å². The fraction of sp³-hybridized carbons (Fsp3) is 0.211. The second kappa shape index (κ2) is 12.8. The molecule has 0 fully saturated rings. The van der Waals surface area contributed by atoms with Gasteiger partial charge in [0.2, 0.25) is 5.75 Å². The maximum Gasteiger partial charge on any atom is 0.367 e. The molecule has 0 amide bonds. The molecule has 37 heavy (non-hydrogen) atoms. The zero-order valence-electron chi connectivity index (χ0n) is 17.7. The average molecular weight is 880 g/mol. The molecule has 0 aliphatic rings. The summed E-state index contributed by atoms with van der Waals surface area (Å²) in [5.41, 5.74) is -0.802. The van der Waals surface area contributed by atoms with Crippen molar-refractivity contribution in [2.45, 2.75) is 11.7 Å². The van der Waals surface area contributed by atoms with Gasteiger partial charge in [-0.25, -0.2) is 18.0 Å². The zero-order valence-corrected chi connectivity index (χ0v) is 25.0. The minimum atomic E-state index is -6.05. The Balaban J connectivity index is 2.10. The van der Waals surface area contributed by atoms with Crippen LogP contribution in [0.3, 0.4) is 0 Å². The lowest BCUT2D eigenvalue weighted by atomic mass is 10.2. The van der Waals surface area contributed by atoms with Crippen LogP contribution in [0.15, 0.2) is 30.3 Å². The van der Waals surface area contributed by atoms with Crippen LogP contribution in [-0.2, 0) is 24.4 Å². The first-order chi connectivity index (χ1) is 17.0. The Bertz CT molecular complexity index is 1370. The van der Waals surface area contributed by atoms with Crippen LogP contribution in [0.25, 0.3) is 0 Å². The predicted octanol–water partition coefficient (Wildman–Crippen LogP) is 3.86. The molecule has 0 aliphatic carbocycles. The van der Waals surface area contributed by atoms with Crippen molar-refractivity contribution in [2.24, 2.45) is 0 Å². The predicted molar refractivity (Wildman–Crippen MR) is 143 cm³/mol. The summed E-state index contributed by atoms with van der Waals surface area (Å²) in [4.78, 5) is 47.0. The topological polar surface area (TPSA) is 179 Å². The van der Waals surface area contributed by atoms with E-state index in [0.29, 0.717) is 7.14 Å². The van der Waals surface area contributed by atoms with Crippen molar-refractivity contribution in [2.75, 3.05) is 13.2 Å². The average Bonchev–Trinajstić information content (AvgIpc) is 2.79. The van der Waals surface area contributed by atoms with Crippen LogP contribution < -0.4 is 4.74 Å². The number of nitro groups is 1. The molecular weight excluding hydrogens is 869 g/mol. The number of hydrogen-bond donors (Lipinski definition) is 0. The molecule has 12 nitrogen and oxygen atoms in total. The highest BCUT2D eigenvalue weighted by molar-refractivity contribution is 14.1. The molecule has 18 heteroatoms. The number of hydrogen-bond acceptors (Lipinski definition) is 11. The summed E-state index contributed by atoms with van der Waals surface area (Å²) in [6, 6.07) is 6.07. The molecule has 0 spiro atoms. The van der Waals surface area contributed by atoms with Crippen molar-refractivity contribution in [3.63, 3.8) is 0 Å². The van der Waals surface area contributed by atoms with Crippen LogP contribution in [0.4, 0.5) is 14.5 Å². The maximum atomic E-state index is 13.0. The monoisotopic (exact) mass is 880 g/mol. The SMILES string of the molecule is O=C(CCOC(=O)c1ccc([N+](=O)[O-])c(OC(=O)c2cc(I)cc(I)c2I)c1)OCC(F)(F)S(=O)(=O)[O-]. The summed E-state index contributed by atoms with van der Waals surface area (Å²) in [5.74, 6) is -3.99. The molecule has 0 saturated heterocycles. The molecule has 0 N–H and O–H groups in total. The molecule has 0 atom stereocenters. The number of rotatable bonds is 10. The van der Waals surface area contributed by atoms with Crippen LogP contribution >= 0.6 is 67.8 Å². The minimum Gasteiger partial charge on any atom is -0.743 e. The standard InChI is InChI=1S/C19H12F2I3NO11S/c20-19(21,37(31,32)33)8-35-15(26)3-4-34-17(27)9-1-2-13(25(29)30)14(5-9)36-18(28)11-6-10(22)7-12(23)16(11)24/h1-2,5-7H,3-4,8H2,(H,31,32,33)/p-1. The van der Waals surface area contributed by atoms with E-state index >= 15 is 0 Å². The van der Waals surface area contributed by atoms with Crippen LogP contribution in [0, 0.1) is 20.8 Å². The molecular formula is C19H11F2I3NO11S-. The highest BCUT2D eigenvalue weighted by Crippen LogP contribution is 2.31. The van der Waals surface area contributed by atoms with E-state index in [9.17, 15) is 46.2 Å². The van der Waals surface area contributed by atoms with Gasteiger partial charge in [0, 0.05) is 22.8 Å². The van der Waals surface area contributed by atoms with Gasteiger partial charge in [-0.15, -0.1) is 0 Å². The maximum absolute atomic E-state index is 13.0. The molecule has 2 aromatic rings. The fourth-order valence-corrected chi connectivity index (χ4v) is 4.93. The summed E-state index contributed by atoms with van der Waals surface area (Å²) >= 11 is 5.89. The van der Waals surface area contributed by atoms with E-state index in [1.807, 2.05) is 67.8 Å². The number of halogens is 5. The molecule has 0 saturated carbocycles. The molecule has 2 rings (SSSR count). The van der Waals surface area contributed by atoms with Crippen LogP contribution in [0.2, 0.25) is 0 Å². The first-order valence-electron chi connectivity index (χ1n) is 9.34. The number of esters is 3. The van der Waals surface area contributed by atoms with Crippen LogP contribution in [0.1, 0.15) is 27.1 Å². The second-order valence-corrected chi connectivity index (χ2v) is 11.7. The molecule has 0 bridgehead atoms. The van der Waals surface area contributed by atoms with Gasteiger partial charge < -0.3 is 18.8 Å². The number of carbonyl (C=O) groups is 3. The molecule has 0 aliphatic heterocycles. The van der Waals surface area contributed by atoms with E-state index < -0.39 is 69.3 Å². The highest BCUT2D eigenvalue weighted by atomic mass is 127. The fourth-order valence-electron chi connectivity index (χ4n) is 2.35. The summed E-state index contributed by atoms with van der Waals surface area (Å²) < 4.78 is 73.1. The van der Waals surface area contributed by atoms with Gasteiger partial charge in [-0.2, -0.15) is 8.78 Å². The summed E-state index contributed by atoms with van der Waals surface area (Å²) in [7, 11) is -6.05. The number of nitro benzene ring substituents is 1. The number of benzene rings is 2. The molecule has 200 valence electrons. The number of ether oxygens (including phenoxy) is 3. The third-order valence-electron chi connectivity index (χ3n) is 4.11. The Labute approximate surface area is 247 Å². The first kappa shape index (κ1) is 31.4. The summed E-state index contributed by atoms with van der Waals surface area (Å²) in [6.45, 7) is -2.72. The van der Waals surface area contributed by atoms with Crippen LogP contribution in [-0.4, -0.2) is 54.3 Å². The van der Waals surface area contributed by atoms with E-state index in [2.05, 4.69) is 4.74 Å². The second-order valence-electron chi connectivity index (χ2n) is 6.72. The molecule has 0 heterocycles. The largest absolute Gasteiger partial charge is 0.743 e. The zero-order chi connectivity index (χ0) is 28.1. The highest BCUT2D eigenvalue weighted by Gasteiger charge is 2.39. The minimum absolute atomic E-state index is 0.132. The smallest absolute Gasteiger partial charge is 0.367 e. The van der Waals surface area contributed by atoms with Crippen molar-refractivity contribution in [3.05, 3.63) is 62.3 Å². The van der Waals surface area contributed by atoms with Gasteiger partial charge in [0.05, 0.1) is 22.5 Å². The Morgan fingerprint density at radius 1 is 1.03 bits per heavy atom. The van der Waals surface area contributed by atoms with Crippen molar-refractivity contribution < 1.29 is 55.3 Å². The van der Waals surface area contributed by atoms with Crippen molar-refractivity contribution in [1.29, 1.82) is 0 Å².